The van der Waals surface area contributed by atoms with E-state index in [1.165, 1.54) is 18.5 Å². The highest BCUT2D eigenvalue weighted by Crippen LogP contribution is 2.32. The molecule has 0 saturated carbocycles. The molecule has 2 heterocycles. The first-order valence-electron chi connectivity index (χ1n) is 7.23. The second kappa shape index (κ2) is 6.29. The summed E-state index contributed by atoms with van der Waals surface area (Å²) in [6, 6.07) is 8.07. The van der Waals surface area contributed by atoms with Crippen LogP contribution in [0, 0.1) is 12.3 Å². The van der Waals surface area contributed by atoms with Crippen LogP contribution in [0.15, 0.2) is 29.2 Å². The Hall–Kier alpha value is -2.19. The monoisotopic (exact) mass is 312 g/mol. The summed E-state index contributed by atoms with van der Waals surface area (Å²) < 4.78 is 0. The van der Waals surface area contributed by atoms with Crippen molar-refractivity contribution in [1.82, 2.24) is 4.90 Å². The maximum Gasteiger partial charge on any atom is 0.294 e. The molecule has 0 atom stereocenters. The summed E-state index contributed by atoms with van der Waals surface area (Å²) in [6.45, 7) is 2.23. The maximum atomic E-state index is 12.1. The number of rotatable bonds is 3. The van der Waals surface area contributed by atoms with E-state index in [4.69, 9.17) is 6.42 Å². The fraction of sp³-hybridized carbons (Fsp3) is 0.294. The standard InChI is InChI=1S/C17H16N2O2S/c1-2-9-19-16(20)15(22-17(19)21)12-13-5-7-14(8-6-13)18-10-3-4-11-18/h1,5-8,12H,3-4,9-11H2/b15-12+. The average molecular weight is 312 g/mol. The van der Waals surface area contributed by atoms with E-state index in [1.807, 2.05) is 12.1 Å². The van der Waals surface area contributed by atoms with E-state index in [0.717, 1.165) is 35.3 Å². The minimum atomic E-state index is -0.309. The fourth-order valence-corrected chi connectivity index (χ4v) is 3.47. The van der Waals surface area contributed by atoms with E-state index < -0.39 is 0 Å². The van der Waals surface area contributed by atoms with Crippen molar-refractivity contribution < 1.29 is 9.59 Å². The normalized spacial score (nSPS) is 20.0. The number of carbonyl (C=O) groups is 2. The third-order valence-corrected chi connectivity index (χ3v) is 4.69. The van der Waals surface area contributed by atoms with Gasteiger partial charge < -0.3 is 4.90 Å². The largest absolute Gasteiger partial charge is 0.372 e. The molecule has 0 unspecified atom stereocenters. The van der Waals surface area contributed by atoms with Crippen LogP contribution in [0.3, 0.4) is 0 Å². The molecule has 0 bridgehead atoms. The van der Waals surface area contributed by atoms with Gasteiger partial charge >= 0.3 is 0 Å². The van der Waals surface area contributed by atoms with Gasteiger partial charge in [-0.2, -0.15) is 0 Å². The second-order valence-corrected chi connectivity index (χ2v) is 6.25. The van der Waals surface area contributed by atoms with E-state index in [9.17, 15) is 9.59 Å². The van der Waals surface area contributed by atoms with Gasteiger partial charge in [0.1, 0.15) is 0 Å². The van der Waals surface area contributed by atoms with E-state index >= 15 is 0 Å². The highest BCUT2D eigenvalue weighted by Gasteiger charge is 2.34. The molecule has 0 radical (unpaired) electrons. The first kappa shape index (κ1) is 14.7. The van der Waals surface area contributed by atoms with Gasteiger partial charge in [-0.25, -0.2) is 0 Å². The number of carbonyl (C=O) groups excluding carboxylic acids is 2. The van der Waals surface area contributed by atoms with Crippen molar-refractivity contribution in [3.63, 3.8) is 0 Å². The zero-order valence-electron chi connectivity index (χ0n) is 12.1. The van der Waals surface area contributed by atoms with Gasteiger partial charge in [-0.05, 0) is 48.4 Å². The van der Waals surface area contributed by atoms with Crippen LogP contribution in [0.2, 0.25) is 0 Å². The highest BCUT2D eigenvalue weighted by molar-refractivity contribution is 8.18. The molecule has 2 amide bonds. The molecule has 3 rings (SSSR count). The Labute approximate surface area is 134 Å². The lowest BCUT2D eigenvalue weighted by Gasteiger charge is -2.17. The molecule has 0 N–H and O–H groups in total. The quantitative estimate of drug-likeness (QED) is 0.635. The Morgan fingerprint density at radius 1 is 1.18 bits per heavy atom. The molecule has 2 saturated heterocycles. The summed E-state index contributed by atoms with van der Waals surface area (Å²) in [7, 11) is 0. The van der Waals surface area contributed by atoms with Crippen LogP contribution < -0.4 is 4.90 Å². The molecule has 0 aliphatic carbocycles. The Balaban J connectivity index is 1.76. The van der Waals surface area contributed by atoms with Gasteiger partial charge in [0.15, 0.2) is 0 Å². The highest BCUT2D eigenvalue weighted by atomic mass is 32.2. The minimum Gasteiger partial charge on any atom is -0.372 e. The number of terminal acetylenes is 1. The predicted octanol–water partition coefficient (Wildman–Crippen LogP) is 2.96. The van der Waals surface area contributed by atoms with Crippen molar-refractivity contribution in [2.24, 2.45) is 0 Å². The van der Waals surface area contributed by atoms with Gasteiger partial charge in [-0.15, -0.1) is 6.42 Å². The van der Waals surface area contributed by atoms with E-state index in [2.05, 4.69) is 23.0 Å². The van der Waals surface area contributed by atoms with Crippen molar-refractivity contribution in [2.75, 3.05) is 24.5 Å². The summed E-state index contributed by atoms with van der Waals surface area (Å²) in [5, 5.41) is -0.303. The molecule has 2 fully saturated rings. The number of amides is 2. The number of hydrogen-bond donors (Lipinski definition) is 0. The molecule has 2 aliphatic rings. The van der Waals surface area contributed by atoms with E-state index in [1.54, 1.807) is 6.08 Å². The molecule has 2 aliphatic heterocycles. The lowest BCUT2D eigenvalue weighted by Crippen LogP contribution is -2.28. The number of thioether (sulfide) groups is 1. The van der Waals surface area contributed by atoms with Crippen LogP contribution in [-0.4, -0.2) is 35.7 Å². The molecule has 1 aromatic rings. The topological polar surface area (TPSA) is 40.6 Å². The SMILES string of the molecule is C#CCN1C(=O)S/C(=C/c2ccc(N3CCCC3)cc2)C1=O. The van der Waals surface area contributed by atoms with Gasteiger partial charge in [0, 0.05) is 18.8 Å². The van der Waals surface area contributed by atoms with Gasteiger partial charge in [0.25, 0.3) is 11.1 Å². The smallest absolute Gasteiger partial charge is 0.294 e. The zero-order chi connectivity index (χ0) is 15.5. The number of anilines is 1. The number of benzene rings is 1. The predicted molar refractivity (Wildman–Crippen MR) is 89.4 cm³/mol. The molecule has 22 heavy (non-hydrogen) atoms. The lowest BCUT2D eigenvalue weighted by atomic mass is 10.2. The molecular weight excluding hydrogens is 296 g/mol. The van der Waals surface area contributed by atoms with Gasteiger partial charge in [0.2, 0.25) is 0 Å². The first-order valence-corrected chi connectivity index (χ1v) is 8.04. The molecule has 5 heteroatoms. The number of imide groups is 1. The van der Waals surface area contributed by atoms with E-state index in [-0.39, 0.29) is 17.7 Å². The molecule has 0 spiro atoms. The third kappa shape index (κ3) is 2.88. The lowest BCUT2D eigenvalue weighted by molar-refractivity contribution is -0.122. The maximum absolute atomic E-state index is 12.1. The number of hydrogen-bond acceptors (Lipinski definition) is 4. The van der Waals surface area contributed by atoms with Gasteiger partial charge in [0.05, 0.1) is 11.4 Å². The van der Waals surface area contributed by atoms with Crippen LogP contribution in [0.25, 0.3) is 6.08 Å². The van der Waals surface area contributed by atoms with Crippen molar-refractivity contribution in [2.45, 2.75) is 12.8 Å². The summed E-state index contributed by atoms with van der Waals surface area (Å²) in [6.07, 6.45) is 9.40. The van der Waals surface area contributed by atoms with Gasteiger partial charge in [-0.1, -0.05) is 18.1 Å². The van der Waals surface area contributed by atoms with Crippen LogP contribution in [0.1, 0.15) is 18.4 Å². The van der Waals surface area contributed by atoms with E-state index in [0.29, 0.717) is 4.91 Å². The summed E-state index contributed by atoms with van der Waals surface area (Å²) in [5.41, 5.74) is 2.12. The van der Waals surface area contributed by atoms with Crippen molar-refractivity contribution in [3.05, 3.63) is 34.7 Å². The molecule has 1 aromatic carbocycles. The van der Waals surface area contributed by atoms with Crippen LogP contribution >= 0.6 is 11.8 Å². The van der Waals surface area contributed by atoms with Crippen molar-refractivity contribution in [1.29, 1.82) is 0 Å². The molecule has 4 nitrogen and oxygen atoms in total. The molecule has 112 valence electrons. The Morgan fingerprint density at radius 2 is 1.86 bits per heavy atom. The van der Waals surface area contributed by atoms with Crippen molar-refractivity contribution in [3.8, 4) is 12.3 Å². The van der Waals surface area contributed by atoms with Crippen molar-refractivity contribution >= 4 is 34.7 Å². The Morgan fingerprint density at radius 3 is 2.50 bits per heavy atom. The first-order chi connectivity index (χ1) is 10.7. The van der Waals surface area contributed by atoms with Crippen LogP contribution in [-0.2, 0) is 4.79 Å². The summed E-state index contributed by atoms with van der Waals surface area (Å²) >= 11 is 0.939. The molecule has 0 aromatic heterocycles. The Bertz CT molecular complexity index is 667. The number of nitrogens with zero attached hydrogens (tertiary/aromatic N) is 2. The van der Waals surface area contributed by atoms with Crippen LogP contribution in [0.4, 0.5) is 10.5 Å². The molecular formula is C17H16N2O2S. The second-order valence-electron chi connectivity index (χ2n) is 5.26. The fourth-order valence-electron chi connectivity index (χ4n) is 2.64. The average Bonchev–Trinajstić information content (AvgIpc) is 3.13. The summed E-state index contributed by atoms with van der Waals surface area (Å²) in [5.74, 6) is 2.02. The van der Waals surface area contributed by atoms with Gasteiger partial charge in [-0.3, -0.25) is 14.5 Å². The minimum absolute atomic E-state index is 0.0237. The van der Waals surface area contributed by atoms with Crippen LogP contribution in [0.5, 0.6) is 0 Å². The Kier molecular flexibility index (Phi) is 4.21. The third-order valence-electron chi connectivity index (χ3n) is 3.79. The summed E-state index contributed by atoms with van der Waals surface area (Å²) in [4.78, 5) is 27.7. The zero-order valence-corrected chi connectivity index (χ0v) is 12.9.